The van der Waals surface area contributed by atoms with Crippen molar-refractivity contribution in [3.05, 3.63) is 24.2 Å². The Hall–Kier alpha value is -1.09. The smallest absolute Gasteiger partial charge is 0.131 e. The fourth-order valence-electron chi connectivity index (χ4n) is 0.889. The normalized spacial score (nSPS) is 10.1. The van der Waals surface area contributed by atoms with E-state index in [0.717, 1.165) is 12.3 Å². The van der Waals surface area contributed by atoms with E-state index in [1.165, 1.54) is 0 Å². The Balaban J connectivity index is 2.07. The molecule has 0 aromatic carbocycles. The van der Waals surface area contributed by atoms with Gasteiger partial charge in [0.2, 0.25) is 0 Å². The third-order valence-corrected chi connectivity index (χ3v) is 1.53. The van der Waals surface area contributed by atoms with Crippen molar-refractivity contribution in [3.63, 3.8) is 0 Å². The van der Waals surface area contributed by atoms with Crippen LogP contribution in [0.4, 0.5) is 0 Å². The Bertz CT molecular complexity index is 229. The van der Waals surface area contributed by atoms with Crippen LogP contribution >= 0.6 is 0 Å². The van der Waals surface area contributed by atoms with E-state index >= 15 is 0 Å². The number of ketones is 1. The molecule has 0 atom stereocenters. The summed E-state index contributed by atoms with van der Waals surface area (Å²) in [5.41, 5.74) is 0. The molecule has 12 heavy (non-hydrogen) atoms. The van der Waals surface area contributed by atoms with E-state index in [9.17, 15) is 4.79 Å². The zero-order chi connectivity index (χ0) is 8.81. The van der Waals surface area contributed by atoms with Crippen molar-refractivity contribution in [2.24, 2.45) is 0 Å². The molecule has 0 radical (unpaired) electrons. The lowest BCUT2D eigenvalue weighted by Crippen LogP contribution is -2.16. The molecule has 1 aromatic rings. The monoisotopic (exact) mass is 167 g/mol. The molecule has 0 aliphatic carbocycles. The molecule has 0 aliphatic rings. The van der Waals surface area contributed by atoms with E-state index in [1.54, 1.807) is 13.2 Å². The fraction of sp³-hybridized carbons (Fsp3) is 0.444. The second kappa shape index (κ2) is 4.72. The number of hydrogen-bond donors (Lipinski definition) is 1. The van der Waals surface area contributed by atoms with Crippen LogP contribution in [-0.4, -0.2) is 12.3 Å². The first kappa shape index (κ1) is 9.00. The summed E-state index contributed by atoms with van der Waals surface area (Å²) < 4.78 is 5.09. The maximum atomic E-state index is 10.5. The van der Waals surface area contributed by atoms with Crippen molar-refractivity contribution in [1.29, 1.82) is 0 Å². The standard InChI is InChI=1S/C9H13NO2/c1-8(11)4-5-10-7-9-3-2-6-12-9/h2-3,6,10H,4-5,7H2,1H3. The molecule has 0 amide bonds. The minimum Gasteiger partial charge on any atom is -0.468 e. The minimum atomic E-state index is 0.210. The number of Topliss-reactive ketones (excluding diaryl/α,β-unsaturated/α-hetero) is 1. The topological polar surface area (TPSA) is 42.2 Å². The van der Waals surface area contributed by atoms with E-state index in [4.69, 9.17) is 4.42 Å². The molecule has 0 saturated carbocycles. The van der Waals surface area contributed by atoms with Crippen LogP contribution in [0.2, 0.25) is 0 Å². The van der Waals surface area contributed by atoms with Crippen LogP contribution in [-0.2, 0) is 11.3 Å². The molecule has 1 rings (SSSR count). The van der Waals surface area contributed by atoms with Gasteiger partial charge in [-0.05, 0) is 19.1 Å². The van der Waals surface area contributed by atoms with Gasteiger partial charge in [0.25, 0.3) is 0 Å². The van der Waals surface area contributed by atoms with E-state index in [0.29, 0.717) is 13.0 Å². The highest BCUT2D eigenvalue weighted by Gasteiger charge is 1.95. The number of hydrogen-bond acceptors (Lipinski definition) is 3. The Morgan fingerprint density at radius 3 is 3.08 bits per heavy atom. The van der Waals surface area contributed by atoms with Crippen molar-refractivity contribution >= 4 is 5.78 Å². The average molecular weight is 167 g/mol. The molecule has 1 aromatic heterocycles. The van der Waals surface area contributed by atoms with E-state index in [-0.39, 0.29) is 5.78 Å². The molecule has 0 aliphatic heterocycles. The van der Waals surface area contributed by atoms with Gasteiger partial charge in [-0.25, -0.2) is 0 Å². The summed E-state index contributed by atoms with van der Waals surface area (Å²) >= 11 is 0. The minimum absolute atomic E-state index is 0.210. The maximum absolute atomic E-state index is 10.5. The lowest BCUT2D eigenvalue weighted by Gasteiger charge is -1.98. The zero-order valence-corrected chi connectivity index (χ0v) is 7.17. The fourth-order valence-corrected chi connectivity index (χ4v) is 0.889. The first-order chi connectivity index (χ1) is 5.79. The van der Waals surface area contributed by atoms with Gasteiger partial charge >= 0.3 is 0 Å². The van der Waals surface area contributed by atoms with Gasteiger partial charge in [0.05, 0.1) is 12.8 Å². The Kier molecular flexibility index (Phi) is 3.54. The summed E-state index contributed by atoms with van der Waals surface area (Å²) in [6, 6.07) is 3.75. The summed E-state index contributed by atoms with van der Waals surface area (Å²) in [7, 11) is 0. The molecule has 1 N–H and O–H groups in total. The summed E-state index contributed by atoms with van der Waals surface area (Å²) in [4.78, 5) is 10.5. The van der Waals surface area contributed by atoms with Crippen LogP contribution in [0.3, 0.4) is 0 Å². The first-order valence-electron chi connectivity index (χ1n) is 4.01. The van der Waals surface area contributed by atoms with Crippen LogP contribution in [0.25, 0.3) is 0 Å². The molecule has 66 valence electrons. The summed E-state index contributed by atoms with van der Waals surface area (Å²) in [5, 5.41) is 3.10. The second-order valence-corrected chi connectivity index (χ2v) is 2.71. The average Bonchev–Trinajstić information content (AvgIpc) is 2.49. The van der Waals surface area contributed by atoms with Crippen molar-refractivity contribution in [2.45, 2.75) is 19.9 Å². The van der Waals surface area contributed by atoms with Crippen LogP contribution in [0.15, 0.2) is 22.8 Å². The predicted octanol–water partition coefficient (Wildman–Crippen LogP) is 1.35. The van der Waals surface area contributed by atoms with Gasteiger partial charge < -0.3 is 9.73 Å². The Morgan fingerprint density at radius 1 is 1.67 bits per heavy atom. The summed E-state index contributed by atoms with van der Waals surface area (Å²) in [6.07, 6.45) is 2.22. The van der Waals surface area contributed by atoms with E-state index in [2.05, 4.69) is 5.32 Å². The second-order valence-electron chi connectivity index (χ2n) is 2.71. The third-order valence-electron chi connectivity index (χ3n) is 1.53. The van der Waals surface area contributed by atoms with Crippen LogP contribution in [0.1, 0.15) is 19.1 Å². The molecule has 0 spiro atoms. The lowest BCUT2D eigenvalue weighted by molar-refractivity contribution is -0.116. The molecule has 3 nitrogen and oxygen atoms in total. The molecule has 1 heterocycles. The van der Waals surface area contributed by atoms with Gasteiger partial charge in [-0.2, -0.15) is 0 Å². The van der Waals surface area contributed by atoms with Crippen molar-refractivity contribution in [1.82, 2.24) is 5.32 Å². The molecular formula is C9H13NO2. The van der Waals surface area contributed by atoms with Crippen LogP contribution < -0.4 is 5.32 Å². The first-order valence-corrected chi connectivity index (χ1v) is 4.01. The zero-order valence-electron chi connectivity index (χ0n) is 7.17. The highest BCUT2D eigenvalue weighted by atomic mass is 16.3. The van der Waals surface area contributed by atoms with Crippen molar-refractivity contribution < 1.29 is 9.21 Å². The van der Waals surface area contributed by atoms with Gasteiger partial charge in [-0.15, -0.1) is 0 Å². The highest BCUT2D eigenvalue weighted by molar-refractivity contribution is 5.75. The largest absolute Gasteiger partial charge is 0.468 e. The Morgan fingerprint density at radius 2 is 2.50 bits per heavy atom. The number of rotatable bonds is 5. The quantitative estimate of drug-likeness (QED) is 0.673. The van der Waals surface area contributed by atoms with Gasteiger partial charge in [-0.3, -0.25) is 4.79 Å². The maximum Gasteiger partial charge on any atom is 0.131 e. The van der Waals surface area contributed by atoms with E-state index in [1.807, 2.05) is 12.1 Å². The number of carbonyl (C=O) groups excluding carboxylic acids is 1. The van der Waals surface area contributed by atoms with E-state index < -0.39 is 0 Å². The molecule has 3 heteroatoms. The SMILES string of the molecule is CC(=O)CCNCc1ccco1. The van der Waals surface area contributed by atoms with Crippen molar-refractivity contribution in [2.75, 3.05) is 6.54 Å². The van der Waals surface area contributed by atoms with Gasteiger partial charge in [-0.1, -0.05) is 0 Å². The van der Waals surface area contributed by atoms with Gasteiger partial charge in [0.1, 0.15) is 11.5 Å². The molecule has 0 unspecified atom stereocenters. The van der Waals surface area contributed by atoms with Gasteiger partial charge in [0, 0.05) is 13.0 Å². The molecule has 0 bridgehead atoms. The van der Waals surface area contributed by atoms with Crippen LogP contribution in [0, 0.1) is 0 Å². The number of furan rings is 1. The summed E-state index contributed by atoms with van der Waals surface area (Å²) in [6.45, 7) is 3.00. The van der Waals surface area contributed by atoms with Crippen LogP contribution in [0.5, 0.6) is 0 Å². The summed E-state index contributed by atoms with van der Waals surface area (Å²) in [5.74, 6) is 1.11. The number of carbonyl (C=O) groups is 1. The molecule has 0 fully saturated rings. The number of nitrogens with one attached hydrogen (secondary N) is 1. The third kappa shape index (κ3) is 3.34. The molecular weight excluding hydrogens is 154 g/mol. The Labute approximate surface area is 71.8 Å². The lowest BCUT2D eigenvalue weighted by atomic mass is 10.3. The highest BCUT2D eigenvalue weighted by Crippen LogP contribution is 1.98. The van der Waals surface area contributed by atoms with Gasteiger partial charge in [0.15, 0.2) is 0 Å². The molecule has 0 saturated heterocycles. The predicted molar refractivity (Wildman–Crippen MR) is 45.7 cm³/mol. The van der Waals surface area contributed by atoms with Crippen molar-refractivity contribution in [3.8, 4) is 0 Å².